The summed E-state index contributed by atoms with van der Waals surface area (Å²) < 4.78 is 16.9. The number of ether oxygens (including phenoxy) is 2. The van der Waals surface area contributed by atoms with E-state index in [0.717, 1.165) is 6.54 Å². The highest BCUT2D eigenvalue weighted by atomic mass is 79.9. The molecule has 168 valence electrons. The molecule has 8 heteroatoms. The fourth-order valence-electron chi connectivity index (χ4n) is 4.40. The molecule has 2 atom stereocenters. The first-order valence-electron chi connectivity index (χ1n) is 10.4. The molecule has 2 N–H and O–H groups in total. The van der Waals surface area contributed by atoms with Crippen LogP contribution < -0.4 is 10.6 Å². The second kappa shape index (κ2) is 9.34. The van der Waals surface area contributed by atoms with Crippen LogP contribution in [0.15, 0.2) is 68.0 Å². The van der Waals surface area contributed by atoms with Crippen LogP contribution in [-0.2, 0) is 25.6 Å². The fraction of sp³-hybridized carbons (Fsp3) is 0.333. The van der Waals surface area contributed by atoms with E-state index < -0.39 is 17.9 Å². The Morgan fingerprint density at radius 2 is 1.81 bits per heavy atom. The van der Waals surface area contributed by atoms with Gasteiger partial charge in [0.2, 0.25) is 0 Å². The van der Waals surface area contributed by atoms with Crippen molar-refractivity contribution in [1.82, 2.24) is 10.6 Å². The third kappa shape index (κ3) is 4.25. The zero-order chi connectivity index (χ0) is 22.8. The highest BCUT2D eigenvalue weighted by molar-refractivity contribution is 9.10. The topological polar surface area (TPSA) is 89.8 Å². The van der Waals surface area contributed by atoms with Crippen molar-refractivity contribution in [3.05, 3.63) is 80.5 Å². The van der Waals surface area contributed by atoms with Crippen molar-refractivity contribution >= 4 is 27.9 Å². The van der Waals surface area contributed by atoms with Crippen molar-refractivity contribution in [2.24, 2.45) is 0 Å². The van der Waals surface area contributed by atoms with E-state index in [2.05, 4.69) is 38.7 Å². The van der Waals surface area contributed by atoms with Gasteiger partial charge in [0, 0.05) is 30.4 Å². The molecular formula is C24H25BrN2O5. The molecule has 3 heterocycles. The van der Waals surface area contributed by atoms with E-state index in [4.69, 9.17) is 13.9 Å². The van der Waals surface area contributed by atoms with Gasteiger partial charge in [0.25, 0.3) is 0 Å². The molecule has 0 saturated carbocycles. The summed E-state index contributed by atoms with van der Waals surface area (Å²) in [6.07, 6.45) is 0.651. The SMILES string of the molecule is COC(=O)C1=C(C)NC(C)=C(C(=O)OCCC2NCc3ccccc32)C1c1ccc(Br)o1. The van der Waals surface area contributed by atoms with Crippen LogP contribution in [0.2, 0.25) is 0 Å². The Balaban J connectivity index is 1.54. The molecule has 2 aliphatic heterocycles. The first kappa shape index (κ1) is 22.4. The van der Waals surface area contributed by atoms with Crippen LogP contribution in [-0.4, -0.2) is 25.7 Å². The predicted molar refractivity (Wildman–Crippen MR) is 121 cm³/mol. The van der Waals surface area contributed by atoms with E-state index in [9.17, 15) is 9.59 Å². The summed E-state index contributed by atoms with van der Waals surface area (Å²) in [5, 5.41) is 6.57. The number of methoxy groups -OCH3 is 1. The summed E-state index contributed by atoms with van der Waals surface area (Å²) in [7, 11) is 1.31. The second-order valence-corrected chi connectivity index (χ2v) is 8.61. The van der Waals surface area contributed by atoms with E-state index in [0.29, 0.717) is 39.4 Å². The maximum atomic E-state index is 13.2. The predicted octanol–water partition coefficient (Wildman–Crippen LogP) is 4.23. The second-order valence-electron chi connectivity index (χ2n) is 7.83. The van der Waals surface area contributed by atoms with Gasteiger partial charge >= 0.3 is 11.9 Å². The van der Waals surface area contributed by atoms with Gasteiger partial charge in [0.15, 0.2) is 4.67 Å². The highest BCUT2D eigenvalue weighted by Gasteiger charge is 2.39. The number of allylic oxidation sites excluding steroid dienone is 2. The summed E-state index contributed by atoms with van der Waals surface area (Å²) in [6, 6.07) is 11.8. The number of carbonyl (C=O) groups excluding carboxylic acids is 2. The molecular weight excluding hydrogens is 476 g/mol. The van der Waals surface area contributed by atoms with Gasteiger partial charge < -0.3 is 24.5 Å². The summed E-state index contributed by atoms with van der Waals surface area (Å²) in [5.41, 5.74) is 4.38. The summed E-state index contributed by atoms with van der Waals surface area (Å²) in [4.78, 5) is 25.8. The van der Waals surface area contributed by atoms with Gasteiger partial charge in [0.1, 0.15) is 5.76 Å². The lowest BCUT2D eigenvalue weighted by Gasteiger charge is -2.28. The molecule has 32 heavy (non-hydrogen) atoms. The van der Waals surface area contributed by atoms with Crippen LogP contribution in [0.5, 0.6) is 0 Å². The van der Waals surface area contributed by atoms with E-state index in [-0.39, 0.29) is 12.6 Å². The Morgan fingerprint density at radius 1 is 1.09 bits per heavy atom. The Bertz CT molecular complexity index is 1120. The number of nitrogens with one attached hydrogen (secondary N) is 2. The number of furan rings is 1. The molecule has 0 spiro atoms. The standard InChI is InChI=1S/C24H25BrN2O5/c1-13-20(23(28)30-3)22(18-8-9-19(25)32-18)21(14(2)27-13)24(29)31-11-10-17-16-7-5-4-6-15(16)12-26-17/h4-9,17,22,26-27H,10-12H2,1-3H3. The lowest BCUT2D eigenvalue weighted by molar-refractivity contribution is -0.139. The zero-order valence-corrected chi connectivity index (χ0v) is 19.7. The number of carbonyl (C=O) groups is 2. The summed E-state index contributed by atoms with van der Waals surface area (Å²) in [5.74, 6) is -1.30. The van der Waals surface area contributed by atoms with Crippen LogP contribution in [0, 0.1) is 0 Å². The normalized spacial score (nSPS) is 20.1. The number of dihydropyridines is 1. The van der Waals surface area contributed by atoms with Crippen LogP contribution in [0.25, 0.3) is 0 Å². The zero-order valence-electron chi connectivity index (χ0n) is 18.2. The average molecular weight is 501 g/mol. The van der Waals surface area contributed by atoms with Gasteiger partial charge in [-0.2, -0.15) is 0 Å². The Hall–Kier alpha value is -2.84. The molecule has 7 nitrogen and oxygen atoms in total. The third-order valence-corrected chi connectivity index (χ3v) is 6.30. The smallest absolute Gasteiger partial charge is 0.336 e. The molecule has 2 aliphatic rings. The van der Waals surface area contributed by atoms with Gasteiger partial charge in [-0.1, -0.05) is 24.3 Å². The molecule has 2 aromatic rings. The van der Waals surface area contributed by atoms with Gasteiger partial charge in [-0.3, -0.25) is 0 Å². The first-order chi connectivity index (χ1) is 15.4. The molecule has 0 aliphatic carbocycles. The number of rotatable bonds is 6. The van der Waals surface area contributed by atoms with Crippen LogP contribution >= 0.6 is 15.9 Å². The first-order valence-corrected chi connectivity index (χ1v) is 11.2. The number of esters is 2. The van der Waals surface area contributed by atoms with Gasteiger partial charge in [-0.05, 0) is 53.0 Å². The summed E-state index contributed by atoms with van der Waals surface area (Å²) in [6.45, 7) is 4.61. The van der Waals surface area contributed by atoms with Gasteiger partial charge in [-0.15, -0.1) is 0 Å². The molecule has 4 rings (SSSR count). The van der Waals surface area contributed by atoms with Crippen LogP contribution in [0.4, 0.5) is 0 Å². The third-order valence-electron chi connectivity index (χ3n) is 5.87. The number of halogens is 1. The van der Waals surface area contributed by atoms with Crippen molar-refractivity contribution in [3.63, 3.8) is 0 Å². The minimum Gasteiger partial charge on any atom is -0.466 e. The van der Waals surface area contributed by atoms with Crippen molar-refractivity contribution in [3.8, 4) is 0 Å². The maximum absolute atomic E-state index is 13.2. The van der Waals surface area contributed by atoms with Crippen molar-refractivity contribution < 1.29 is 23.5 Å². The van der Waals surface area contributed by atoms with Crippen molar-refractivity contribution in [2.45, 2.75) is 38.8 Å². The molecule has 1 aromatic heterocycles. The minimum atomic E-state index is -0.729. The largest absolute Gasteiger partial charge is 0.466 e. The highest BCUT2D eigenvalue weighted by Crippen LogP contribution is 2.40. The van der Waals surface area contributed by atoms with Gasteiger partial charge in [-0.25, -0.2) is 9.59 Å². The molecule has 0 amide bonds. The molecule has 0 radical (unpaired) electrons. The van der Waals surface area contributed by atoms with E-state index >= 15 is 0 Å². The number of fused-ring (bicyclic) bond motifs is 1. The molecule has 0 saturated heterocycles. The monoisotopic (exact) mass is 500 g/mol. The number of hydrogen-bond acceptors (Lipinski definition) is 7. The van der Waals surface area contributed by atoms with E-state index in [1.807, 2.05) is 12.1 Å². The van der Waals surface area contributed by atoms with Crippen molar-refractivity contribution in [1.29, 1.82) is 0 Å². The fourth-order valence-corrected chi connectivity index (χ4v) is 4.72. The van der Waals surface area contributed by atoms with Crippen LogP contribution in [0.3, 0.4) is 0 Å². The maximum Gasteiger partial charge on any atom is 0.336 e. The van der Waals surface area contributed by atoms with Crippen LogP contribution in [0.1, 0.15) is 49.1 Å². The number of benzene rings is 1. The Kier molecular flexibility index (Phi) is 6.53. The molecule has 2 unspecified atom stereocenters. The molecule has 0 fully saturated rings. The number of hydrogen-bond donors (Lipinski definition) is 2. The molecule has 1 aromatic carbocycles. The van der Waals surface area contributed by atoms with Crippen molar-refractivity contribution in [2.75, 3.05) is 13.7 Å². The Morgan fingerprint density at radius 3 is 2.50 bits per heavy atom. The van der Waals surface area contributed by atoms with Gasteiger partial charge in [0.05, 0.1) is 30.8 Å². The quantitative estimate of drug-likeness (QED) is 0.573. The summed E-state index contributed by atoms with van der Waals surface area (Å²) >= 11 is 3.30. The molecule has 0 bridgehead atoms. The van der Waals surface area contributed by atoms with E-state index in [1.54, 1.807) is 26.0 Å². The lowest BCUT2D eigenvalue weighted by Crippen LogP contribution is -2.32. The lowest BCUT2D eigenvalue weighted by atomic mass is 9.83. The minimum absolute atomic E-state index is 0.142. The average Bonchev–Trinajstić information content (AvgIpc) is 3.39. The Labute approximate surface area is 195 Å². The van der Waals surface area contributed by atoms with E-state index in [1.165, 1.54) is 18.2 Å².